The second-order valence-electron chi connectivity index (χ2n) is 4.19. The number of nitrogens with one attached hydrogen (secondary N) is 1. The van der Waals surface area contributed by atoms with Gasteiger partial charge in [0.05, 0.1) is 0 Å². The summed E-state index contributed by atoms with van der Waals surface area (Å²) in [5.74, 6) is -0.719. The second kappa shape index (κ2) is 6.38. The predicted octanol–water partition coefficient (Wildman–Crippen LogP) is 2.11. The van der Waals surface area contributed by atoms with Crippen LogP contribution in [0.2, 0.25) is 0 Å². The Balaban J connectivity index is 2.39. The minimum Gasteiger partial charge on any atom is -0.480 e. The monoisotopic (exact) mass is 231 g/mol. The Morgan fingerprint density at radius 3 is 2.87 bits per heavy atom. The molecular weight excluding hydrogens is 210 g/mol. The number of hydrogen-bond donors (Lipinski definition) is 2. The summed E-state index contributed by atoms with van der Waals surface area (Å²) in [5, 5.41) is 12.9. The summed E-state index contributed by atoms with van der Waals surface area (Å²) >= 11 is 1.91. The van der Waals surface area contributed by atoms with E-state index in [0.29, 0.717) is 17.7 Å². The first-order chi connectivity index (χ1) is 7.17. The summed E-state index contributed by atoms with van der Waals surface area (Å²) in [7, 11) is 0. The van der Waals surface area contributed by atoms with Gasteiger partial charge in [-0.25, -0.2) is 0 Å². The van der Waals surface area contributed by atoms with Gasteiger partial charge >= 0.3 is 5.97 Å². The first-order valence-electron chi connectivity index (χ1n) is 5.69. The van der Waals surface area contributed by atoms with Gasteiger partial charge in [0, 0.05) is 11.3 Å². The molecule has 3 atom stereocenters. The fourth-order valence-electron chi connectivity index (χ4n) is 2.16. The van der Waals surface area contributed by atoms with Crippen LogP contribution in [-0.4, -0.2) is 34.7 Å². The Morgan fingerprint density at radius 2 is 2.33 bits per heavy atom. The highest BCUT2D eigenvalue weighted by molar-refractivity contribution is 7.99. The van der Waals surface area contributed by atoms with Gasteiger partial charge in [0.2, 0.25) is 0 Å². The van der Waals surface area contributed by atoms with Gasteiger partial charge in [0.15, 0.2) is 0 Å². The number of aliphatic carboxylic acids is 1. The third-order valence-corrected chi connectivity index (χ3v) is 4.20. The highest BCUT2D eigenvalue weighted by Gasteiger charge is 2.25. The number of thioether (sulfide) groups is 1. The molecule has 3 nitrogen and oxygen atoms in total. The molecule has 3 unspecified atom stereocenters. The van der Waals surface area contributed by atoms with Crippen LogP contribution in [0, 0.1) is 0 Å². The summed E-state index contributed by atoms with van der Waals surface area (Å²) in [6.07, 6.45) is 7.55. The Hall–Kier alpha value is -0.220. The number of carbonyl (C=O) groups is 1. The molecule has 0 aromatic carbocycles. The molecule has 0 spiro atoms. The van der Waals surface area contributed by atoms with Crippen LogP contribution in [0.1, 0.15) is 39.0 Å². The quantitative estimate of drug-likeness (QED) is 0.761. The van der Waals surface area contributed by atoms with Gasteiger partial charge in [0.25, 0.3) is 0 Å². The summed E-state index contributed by atoms with van der Waals surface area (Å²) in [4.78, 5) is 10.9. The van der Waals surface area contributed by atoms with Crippen LogP contribution >= 0.6 is 11.8 Å². The van der Waals surface area contributed by atoms with Crippen molar-refractivity contribution in [2.45, 2.75) is 56.4 Å². The normalized spacial score (nSPS) is 28.7. The van der Waals surface area contributed by atoms with Crippen molar-refractivity contribution in [1.82, 2.24) is 5.32 Å². The minimum absolute atomic E-state index is 0.365. The number of rotatable bonds is 5. The molecular formula is C11H21NO2S. The van der Waals surface area contributed by atoms with E-state index in [9.17, 15) is 4.79 Å². The van der Waals surface area contributed by atoms with E-state index < -0.39 is 5.97 Å². The zero-order valence-corrected chi connectivity index (χ0v) is 10.3. The Morgan fingerprint density at radius 1 is 1.60 bits per heavy atom. The molecule has 15 heavy (non-hydrogen) atoms. The lowest BCUT2D eigenvalue weighted by Gasteiger charge is -2.30. The topological polar surface area (TPSA) is 49.3 Å². The predicted molar refractivity (Wildman–Crippen MR) is 64.4 cm³/mol. The molecule has 0 amide bonds. The van der Waals surface area contributed by atoms with Crippen molar-refractivity contribution in [3.05, 3.63) is 0 Å². The van der Waals surface area contributed by atoms with Gasteiger partial charge in [-0.15, -0.1) is 0 Å². The molecule has 0 bridgehead atoms. The molecule has 88 valence electrons. The molecule has 1 rings (SSSR count). The molecule has 0 aromatic rings. The highest BCUT2D eigenvalue weighted by Crippen LogP contribution is 2.27. The molecule has 0 heterocycles. The molecule has 0 saturated heterocycles. The van der Waals surface area contributed by atoms with Gasteiger partial charge in [-0.2, -0.15) is 11.8 Å². The summed E-state index contributed by atoms with van der Waals surface area (Å²) < 4.78 is 0. The lowest BCUT2D eigenvalue weighted by molar-refractivity contribution is -0.139. The first-order valence-corrected chi connectivity index (χ1v) is 6.97. The number of carboxylic acids is 1. The lowest BCUT2D eigenvalue weighted by atomic mass is 9.94. The smallest absolute Gasteiger partial charge is 0.320 e. The van der Waals surface area contributed by atoms with Crippen molar-refractivity contribution in [1.29, 1.82) is 0 Å². The van der Waals surface area contributed by atoms with Crippen LogP contribution in [0.5, 0.6) is 0 Å². The fraction of sp³-hybridized carbons (Fsp3) is 0.909. The molecule has 1 aliphatic rings. The minimum atomic E-state index is -0.719. The van der Waals surface area contributed by atoms with Crippen molar-refractivity contribution in [2.24, 2.45) is 0 Å². The average Bonchev–Trinajstić information content (AvgIpc) is 2.25. The molecule has 2 N–H and O–H groups in total. The molecule has 4 heteroatoms. The van der Waals surface area contributed by atoms with Crippen molar-refractivity contribution in [3.63, 3.8) is 0 Å². The molecule has 1 aliphatic carbocycles. The van der Waals surface area contributed by atoms with Crippen LogP contribution < -0.4 is 5.32 Å². The summed E-state index contributed by atoms with van der Waals surface area (Å²) in [6.45, 7) is 1.92. The van der Waals surface area contributed by atoms with Crippen LogP contribution in [-0.2, 0) is 4.79 Å². The lowest BCUT2D eigenvalue weighted by Crippen LogP contribution is -2.45. The van der Waals surface area contributed by atoms with E-state index in [-0.39, 0.29) is 6.04 Å². The van der Waals surface area contributed by atoms with Crippen LogP contribution in [0.15, 0.2) is 0 Å². The highest BCUT2D eigenvalue weighted by atomic mass is 32.2. The van der Waals surface area contributed by atoms with Crippen molar-refractivity contribution >= 4 is 17.7 Å². The molecule has 0 radical (unpaired) electrons. The van der Waals surface area contributed by atoms with E-state index in [2.05, 4.69) is 11.6 Å². The average molecular weight is 231 g/mol. The van der Waals surface area contributed by atoms with Crippen LogP contribution in [0.25, 0.3) is 0 Å². The van der Waals surface area contributed by atoms with Gasteiger partial charge < -0.3 is 10.4 Å². The molecule has 1 fully saturated rings. The Kier molecular flexibility index (Phi) is 5.47. The third-order valence-electron chi connectivity index (χ3n) is 3.10. The first kappa shape index (κ1) is 12.8. The third kappa shape index (κ3) is 4.03. The van der Waals surface area contributed by atoms with Crippen molar-refractivity contribution in [3.8, 4) is 0 Å². The van der Waals surface area contributed by atoms with Gasteiger partial charge in [-0.05, 0) is 31.9 Å². The van der Waals surface area contributed by atoms with Crippen LogP contribution in [0.4, 0.5) is 0 Å². The number of hydrogen-bond acceptors (Lipinski definition) is 3. The molecule has 0 aliphatic heterocycles. The van der Waals surface area contributed by atoms with Crippen molar-refractivity contribution < 1.29 is 9.90 Å². The van der Waals surface area contributed by atoms with Crippen LogP contribution in [0.3, 0.4) is 0 Å². The summed E-state index contributed by atoms with van der Waals surface area (Å²) in [5.41, 5.74) is 0. The maximum absolute atomic E-state index is 10.9. The van der Waals surface area contributed by atoms with Gasteiger partial charge in [-0.1, -0.05) is 13.3 Å². The van der Waals surface area contributed by atoms with E-state index in [1.165, 1.54) is 12.8 Å². The summed E-state index contributed by atoms with van der Waals surface area (Å²) in [6, 6.07) is 0.0351. The zero-order chi connectivity index (χ0) is 11.3. The maximum Gasteiger partial charge on any atom is 0.320 e. The largest absolute Gasteiger partial charge is 0.480 e. The fourth-order valence-corrected chi connectivity index (χ4v) is 2.99. The standard InChI is InChI=1S/C11H21NO2S/c1-3-10(11(13)14)12-8-5-4-6-9(7-8)15-2/h8-10,12H,3-7H2,1-2H3,(H,13,14). The second-order valence-corrected chi connectivity index (χ2v) is 5.33. The maximum atomic E-state index is 10.9. The Bertz CT molecular complexity index is 211. The van der Waals surface area contributed by atoms with E-state index in [1.807, 2.05) is 18.7 Å². The van der Waals surface area contributed by atoms with Crippen molar-refractivity contribution in [2.75, 3.05) is 6.26 Å². The molecule has 1 saturated carbocycles. The van der Waals surface area contributed by atoms with E-state index >= 15 is 0 Å². The Labute approximate surface area is 96.0 Å². The number of carboxylic acid groups (broad SMARTS) is 1. The van der Waals surface area contributed by atoms with Gasteiger partial charge in [-0.3, -0.25) is 4.79 Å². The molecule has 0 aromatic heterocycles. The zero-order valence-electron chi connectivity index (χ0n) is 9.53. The SMILES string of the molecule is CCC(NC1CCCC(SC)C1)C(=O)O. The van der Waals surface area contributed by atoms with Gasteiger partial charge in [0.1, 0.15) is 6.04 Å². The van der Waals surface area contributed by atoms with E-state index in [4.69, 9.17) is 5.11 Å². The van der Waals surface area contributed by atoms with E-state index in [0.717, 1.165) is 12.8 Å². The van der Waals surface area contributed by atoms with E-state index in [1.54, 1.807) is 0 Å².